The molecule has 0 aliphatic rings. The van der Waals surface area contributed by atoms with Crippen LogP contribution in [0.4, 0.5) is 5.69 Å². The molecule has 0 saturated heterocycles. The summed E-state index contributed by atoms with van der Waals surface area (Å²) < 4.78 is 26.6. The Morgan fingerprint density at radius 2 is 2.29 bits per heavy atom. The zero-order valence-electron chi connectivity index (χ0n) is 8.19. The molecule has 1 aromatic heterocycles. The Balaban J connectivity index is 2.83. The van der Waals surface area contributed by atoms with E-state index in [1.54, 1.807) is 24.9 Å². The molecule has 80 valence electrons. The molecule has 14 heavy (non-hydrogen) atoms. The van der Waals surface area contributed by atoms with Gasteiger partial charge in [-0.2, -0.15) is 5.10 Å². The normalized spacial score (nSPS) is 11.6. The summed E-state index contributed by atoms with van der Waals surface area (Å²) in [5, 5.41) is 4.01. The second kappa shape index (κ2) is 3.97. The lowest BCUT2D eigenvalue weighted by Crippen LogP contribution is -2.22. The molecular weight excluding hydrogens is 204 g/mol. The first-order chi connectivity index (χ1) is 6.44. The summed E-state index contributed by atoms with van der Waals surface area (Å²) in [7, 11) is -1.59. The average molecular weight is 218 g/mol. The highest BCUT2D eigenvalue weighted by Gasteiger charge is 2.12. The van der Waals surface area contributed by atoms with Gasteiger partial charge in [0.1, 0.15) is 0 Å². The van der Waals surface area contributed by atoms with Crippen molar-refractivity contribution >= 4 is 15.7 Å². The highest BCUT2D eigenvalue weighted by atomic mass is 32.2. The van der Waals surface area contributed by atoms with Crippen LogP contribution in [-0.4, -0.2) is 30.5 Å². The summed E-state index contributed by atoms with van der Waals surface area (Å²) in [5.41, 5.74) is 6.32. The lowest BCUT2D eigenvalue weighted by Gasteiger charge is -2.04. The molecule has 0 aliphatic heterocycles. The van der Waals surface area contributed by atoms with Crippen molar-refractivity contribution in [2.75, 3.05) is 17.0 Å². The third-order valence-corrected chi connectivity index (χ3v) is 2.97. The zero-order chi connectivity index (χ0) is 10.8. The first-order valence-corrected chi connectivity index (χ1v) is 5.80. The van der Waals surface area contributed by atoms with Gasteiger partial charge in [0.25, 0.3) is 0 Å². The van der Waals surface area contributed by atoms with Gasteiger partial charge in [-0.1, -0.05) is 0 Å². The van der Waals surface area contributed by atoms with Crippen LogP contribution in [0.2, 0.25) is 0 Å². The van der Waals surface area contributed by atoms with E-state index in [0.717, 1.165) is 0 Å². The quantitative estimate of drug-likeness (QED) is 0.708. The summed E-state index contributed by atoms with van der Waals surface area (Å²) >= 11 is 0. The molecule has 1 rings (SSSR count). The summed E-state index contributed by atoms with van der Waals surface area (Å²) in [6.45, 7) is 1.84. The highest BCUT2D eigenvalue weighted by molar-refractivity contribution is 7.92. The number of hydrogen-bond acceptors (Lipinski definition) is 4. The van der Waals surface area contributed by atoms with E-state index in [-0.39, 0.29) is 12.3 Å². The number of nitrogens with one attached hydrogen (secondary N) is 1. The van der Waals surface area contributed by atoms with Gasteiger partial charge in [-0.3, -0.25) is 9.40 Å². The number of nitrogens with zero attached hydrogens (tertiary/aromatic N) is 2. The van der Waals surface area contributed by atoms with E-state index in [0.29, 0.717) is 11.4 Å². The Bertz CT molecular complexity index is 409. The molecule has 0 atom stereocenters. The van der Waals surface area contributed by atoms with Crippen LogP contribution < -0.4 is 10.5 Å². The SMILES string of the molecule is Cc1nn(C)cc1NS(=O)(=O)CCN. The van der Waals surface area contributed by atoms with Gasteiger partial charge in [-0.25, -0.2) is 8.42 Å². The van der Waals surface area contributed by atoms with Crippen molar-refractivity contribution < 1.29 is 8.42 Å². The summed E-state index contributed by atoms with van der Waals surface area (Å²) in [6, 6.07) is 0. The second-order valence-corrected chi connectivity index (χ2v) is 4.85. The van der Waals surface area contributed by atoms with Crippen LogP contribution in [0.5, 0.6) is 0 Å². The first-order valence-electron chi connectivity index (χ1n) is 4.15. The first kappa shape index (κ1) is 11.0. The average Bonchev–Trinajstić information content (AvgIpc) is 2.28. The van der Waals surface area contributed by atoms with Gasteiger partial charge in [0.2, 0.25) is 10.0 Å². The predicted molar refractivity (Wildman–Crippen MR) is 54.4 cm³/mol. The Kier molecular flexibility index (Phi) is 3.12. The minimum atomic E-state index is -3.32. The van der Waals surface area contributed by atoms with Crippen LogP contribution in [0.15, 0.2) is 6.20 Å². The van der Waals surface area contributed by atoms with E-state index in [9.17, 15) is 8.42 Å². The summed E-state index contributed by atoms with van der Waals surface area (Å²) in [5.74, 6) is -0.0820. The number of aryl methyl sites for hydroxylation is 2. The summed E-state index contributed by atoms with van der Waals surface area (Å²) in [4.78, 5) is 0. The minimum Gasteiger partial charge on any atom is -0.329 e. The van der Waals surface area contributed by atoms with E-state index in [4.69, 9.17) is 5.73 Å². The van der Waals surface area contributed by atoms with Crippen LogP contribution >= 0.6 is 0 Å². The van der Waals surface area contributed by atoms with Gasteiger partial charge < -0.3 is 5.73 Å². The molecule has 7 heteroatoms. The smallest absolute Gasteiger partial charge is 0.234 e. The Morgan fingerprint density at radius 3 is 2.71 bits per heavy atom. The molecule has 0 radical (unpaired) electrons. The van der Waals surface area contributed by atoms with Gasteiger partial charge in [0, 0.05) is 19.8 Å². The van der Waals surface area contributed by atoms with E-state index >= 15 is 0 Å². The molecule has 0 fully saturated rings. The lowest BCUT2D eigenvalue weighted by molar-refractivity contribution is 0.601. The number of anilines is 1. The minimum absolute atomic E-state index is 0.0820. The van der Waals surface area contributed by atoms with Gasteiger partial charge in [0.15, 0.2) is 0 Å². The molecule has 0 saturated carbocycles. The molecule has 1 aromatic rings. The molecule has 6 nitrogen and oxygen atoms in total. The number of rotatable bonds is 4. The fourth-order valence-corrected chi connectivity index (χ4v) is 2.02. The Morgan fingerprint density at radius 1 is 1.64 bits per heavy atom. The molecule has 1 heterocycles. The molecule has 0 bridgehead atoms. The molecular formula is C7H14N4O2S. The molecule has 3 N–H and O–H groups in total. The van der Waals surface area contributed by atoms with Crippen LogP contribution in [-0.2, 0) is 17.1 Å². The van der Waals surface area contributed by atoms with Crippen molar-refractivity contribution in [2.24, 2.45) is 12.8 Å². The lowest BCUT2D eigenvalue weighted by atomic mass is 10.4. The number of sulfonamides is 1. The standard InChI is InChI=1S/C7H14N4O2S/c1-6-7(5-11(2)9-6)10-14(12,13)4-3-8/h5,10H,3-4,8H2,1-2H3. The van der Waals surface area contributed by atoms with E-state index < -0.39 is 10.0 Å². The van der Waals surface area contributed by atoms with Crippen molar-refractivity contribution in [1.29, 1.82) is 0 Å². The topological polar surface area (TPSA) is 90.0 Å². The number of nitrogens with two attached hydrogens (primary N) is 1. The second-order valence-electron chi connectivity index (χ2n) is 3.01. The van der Waals surface area contributed by atoms with E-state index in [1.807, 2.05) is 0 Å². The van der Waals surface area contributed by atoms with Crippen molar-refractivity contribution in [3.05, 3.63) is 11.9 Å². The Hall–Kier alpha value is -1.08. The van der Waals surface area contributed by atoms with Gasteiger partial charge in [-0.05, 0) is 6.92 Å². The number of hydrogen-bond donors (Lipinski definition) is 2. The molecule has 0 amide bonds. The van der Waals surface area contributed by atoms with Crippen molar-refractivity contribution in [3.8, 4) is 0 Å². The van der Waals surface area contributed by atoms with Crippen LogP contribution in [0.25, 0.3) is 0 Å². The van der Waals surface area contributed by atoms with Gasteiger partial charge >= 0.3 is 0 Å². The fourth-order valence-electron chi connectivity index (χ4n) is 1.07. The third-order valence-electron chi connectivity index (χ3n) is 1.67. The van der Waals surface area contributed by atoms with Crippen molar-refractivity contribution in [1.82, 2.24) is 9.78 Å². The van der Waals surface area contributed by atoms with Gasteiger partial charge in [0.05, 0.1) is 17.1 Å². The van der Waals surface area contributed by atoms with Crippen molar-refractivity contribution in [3.63, 3.8) is 0 Å². The van der Waals surface area contributed by atoms with E-state index in [2.05, 4.69) is 9.82 Å². The fraction of sp³-hybridized carbons (Fsp3) is 0.571. The third kappa shape index (κ3) is 2.71. The molecule has 0 unspecified atom stereocenters. The maximum absolute atomic E-state index is 11.3. The predicted octanol–water partition coefficient (Wildman–Crippen LogP) is -0.571. The van der Waals surface area contributed by atoms with E-state index in [1.165, 1.54) is 0 Å². The number of aromatic nitrogens is 2. The Labute approximate surface area is 83.1 Å². The maximum Gasteiger partial charge on any atom is 0.234 e. The monoisotopic (exact) mass is 218 g/mol. The van der Waals surface area contributed by atoms with Gasteiger partial charge in [-0.15, -0.1) is 0 Å². The molecule has 0 aromatic carbocycles. The molecule has 0 spiro atoms. The van der Waals surface area contributed by atoms with Crippen LogP contribution in [0.3, 0.4) is 0 Å². The highest BCUT2D eigenvalue weighted by Crippen LogP contribution is 2.12. The largest absolute Gasteiger partial charge is 0.329 e. The van der Waals surface area contributed by atoms with Crippen LogP contribution in [0, 0.1) is 6.92 Å². The van der Waals surface area contributed by atoms with Crippen LogP contribution in [0.1, 0.15) is 5.69 Å². The van der Waals surface area contributed by atoms with Crippen molar-refractivity contribution in [2.45, 2.75) is 6.92 Å². The molecule has 0 aliphatic carbocycles. The maximum atomic E-state index is 11.3. The zero-order valence-corrected chi connectivity index (χ0v) is 9.00. The summed E-state index contributed by atoms with van der Waals surface area (Å²) in [6.07, 6.45) is 1.61.